The number of hydrogen-bond acceptors (Lipinski definition) is 3. The van der Waals surface area contributed by atoms with Crippen LogP contribution in [0.15, 0.2) is 231 Å². The maximum atomic E-state index is 2.83. The second kappa shape index (κ2) is 21.0. The third-order valence-electron chi connectivity index (χ3n) is 21.4. The summed E-state index contributed by atoms with van der Waals surface area (Å²) in [5.74, 6) is 0. The van der Waals surface area contributed by atoms with E-state index < -0.39 is 8.07 Å². The third kappa shape index (κ3) is 9.33. The molecule has 2 atom stereocenters. The molecule has 14 rings (SSSR count). The van der Waals surface area contributed by atoms with Gasteiger partial charge in [0.15, 0.2) is 8.07 Å². The first-order valence-corrected chi connectivity index (χ1v) is 34.9. The van der Waals surface area contributed by atoms with Crippen molar-refractivity contribution in [1.82, 2.24) is 0 Å². The molecule has 1 saturated carbocycles. The van der Waals surface area contributed by atoms with Crippen molar-refractivity contribution in [3.8, 4) is 11.1 Å². The summed E-state index contributed by atoms with van der Waals surface area (Å²) in [5, 5.41) is 5.66. The van der Waals surface area contributed by atoms with Crippen LogP contribution in [-0.2, 0) is 27.1 Å². The molecular formula is C84H88BN3Si. The lowest BCUT2D eigenvalue weighted by Crippen LogP contribution is -2.74. The van der Waals surface area contributed by atoms with E-state index >= 15 is 0 Å². The zero-order chi connectivity index (χ0) is 62.2. The van der Waals surface area contributed by atoms with Crippen molar-refractivity contribution in [2.24, 2.45) is 0 Å². The normalized spacial score (nSPS) is 18.0. The highest BCUT2D eigenvalue weighted by Crippen LogP contribution is 2.61. The van der Waals surface area contributed by atoms with Crippen LogP contribution < -0.4 is 51.8 Å². The highest BCUT2D eigenvalue weighted by atomic mass is 28.3. The summed E-state index contributed by atoms with van der Waals surface area (Å²) >= 11 is 0. The monoisotopic (exact) mass is 1180 g/mol. The zero-order valence-electron chi connectivity index (χ0n) is 55.2. The van der Waals surface area contributed by atoms with E-state index in [9.17, 15) is 0 Å². The van der Waals surface area contributed by atoms with Crippen LogP contribution in [0.4, 0.5) is 45.5 Å². The minimum Gasteiger partial charge on any atom is -0.334 e. The number of rotatable bonds is 8. The molecule has 446 valence electrons. The molecule has 1 aliphatic carbocycles. The standard InChI is InChI=1S/C84H88BN3Si/c1-79(2,3)58-37-41-62(42-38-58)86-75-55-63(88-73-48-44-67(56-69(73)83(13)49-27-28-50-84(83,88)14)89(64-31-21-16-22-32-64,65-33-23-17-24-34-65)66-35-25-18-26-36-66)43-45-70(75)85-71-52-60(81(7,8)9)40-47-74(71)87(77-54-61(82(10,11)12)53-76(86)78(77)85)72-46-39-59(80(4,5)6)51-68(72)57-29-19-15-20-30-57/h15-26,29-48,51-56H,27-28,49-50H2,1-14H3. The fraction of sp³-hybridized carbons (Fsp3) is 0.286. The molecule has 0 bridgehead atoms. The van der Waals surface area contributed by atoms with Crippen molar-refractivity contribution in [3.63, 3.8) is 0 Å². The van der Waals surface area contributed by atoms with Gasteiger partial charge in [0.2, 0.25) is 0 Å². The van der Waals surface area contributed by atoms with E-state index in [1.54, 1.807) is 0 Å². The van der Waals surface area contributed by atoms with Crippen LogP contribution in [0.5, 0.6) is 0 Å². The maximum absolute atomic E-state index is 2.83. The number of anilines is 8. The summed E-state index contributed by atoms with van der Waals surface area (Å²) in [4.78, 5) is 8.16. The molecule has 10 aromatic rings. The van der Waals surface area contributed by atoms with E-state index in [4.69, 9.17) is 0 Å². The average molecular weight is 1180 g/mol. The first kappa shape index (κ1) is 58.6. The molecule has 3 heterocycles. The van der Waals surface area contributed by atoms with Gasteiger partial charge < -0.3 is 14.7 Å². The predicted octanol–water partition coefficient (Wildman–Crippen LogP) is 17.7. The van der Waals surface area contributed by atoms with Crippen molar-refractivity contribution >= 4 is 97.4 Å². The van der Waals surface area contributed by atoms with Crippen LogP contribution in [0.25, 0.3) is 11.1 Å². The Kier molecular flexibility index (Phi) is 13.8. The molecule has 0 saturated heterocycles. The van der Waals surface area contributed by atoms with E-state index in [1.807, 2.05) is 0 Å². The summed E-state index contributed by atoms with van der Waals surface area (Å²) < 4.78 is 0. The molecule has 0 aromatic heterocycles. The number of nitrogens with zero attached hydrogens (tertiary/aromatic N) is 3. The van der Waals surface area contributed by atoms with Gasteiger partial charge in [0.05, 0.1) is 11.2 Å². The summed E-state index contributed by atoms with van der Waals surface area (Å²) in [6, 6.07) is 90.5. The van der Waals surface area contributed by atoms with E-state index in [1.165, 1.54) is 134 Å². The Bertz CT molecular complexity index is 4240. The third-order valence-corrected chi connectivity index (χ3v) is 26.2. The maximum Gasteiger partial charge on any atom is 0.252 e. The smallest absolute Gasteiger partial charge is 0.252 e. The van der Waals surface area contributed by atoms with E-state index in [2.05, 4.69) is 342 Å². The summed E-state index contributed by atoms with van der Waals surface area (Å²) in [7, 11) is -2.83. The molecule has 89 heavy (non-hydrogen) atoms. The van der Waals surface area contributed by atoms with Crippen LogP contribution >= 0.6 is 0 Å². The zero-order valence-corrected chi connectivity index (χ0v) is 56.2. The Morgan fingerprint density at radius 1 is 0.360 bits per heavy atom. The highest BCUT2D eigenvalue weighted by molar-refractivity contribution is 7.20. The van der Waals surface area contributed by atoms with Crippen molar-refractivity contribution in [1.29, 1.82) is 0 Å². The van der Waals surface area contributed by atoms with Gasteiger partial charge in [-0.15, -0.1) is 0 Å². The molecule has 0 amide bonds. The summed E-state index contributed by atoms with van der Waals surface area (Å²) in [6.45, 7) is 33.5. The molecule has 0 spiro atoms. The van der Waals surface area contributed by atoms with Crippen LogP contribution in [0.2, 0.25) is 0 Å². The van der Waals surface area contributed by atoms with Gasteiger partial charge in [-0.25, -0.2) is 0 Å². The van der Waals surface area contributed by atoms with Gasteiger partial charge in [-0.05, 0) is 173 Å². The average Bonchev–Trinajstić information content (AvgIpc) is 1.68. The van der Waals surface area contributed by atoms with Crippen molar-refractivity contribution < 1.29 is 0 Å². The Morgan fingerprint density at radius 2 is 0.843 bits per heavy atom. The lowest BCUT2D eigenvalue weighted by Gasteiger charge is -2.51. The quantitative estimate of drug-likeness (QED) is 0.111. The Balaban J connectivity index is 1.04. The van der Waals surface area contributed by atoms with Gasteiger partial charge in [-0.3, -0.25) is 0 Å². The van der Waals surface area contributed by atoms with Crippen LogP contribution in [-0.4, -0.2) is 20.3 Å². The molecule has 0 N–H and O–H groups in total. The number of hydrogen-bond donors (Lipinski definition) is 0. The molecule has 0 radical (unpaired) electrons. The SMILES string of the molecule is CC(C)(C)c1ccc(N2c3cc(N4c5ccc([Si](c6ccccc6)(c6ccccc6)c6ccccc6)cc5C5(C)CCCCC45C)ccc3B3c4cc(C(C)(C)C)ccc4N(c4ccc(C(C)(C)C)cc4-c4ccccc4)c4cc(C(C)(C)C)cc2c43)cc1. The van der Waals surface area contributed by atoms with E-state index in [0.717, 1.165) is 12.8 Å². The molecular weight excluding hydrogens is 1090 g/mol. The van der Waals surface area contributed by atoms with Gasteiger partial charge in [0.25, 0.3) is 6.71 Å². The van der Waals surface area contributed by atoms with Crippen molar-refractivity contribution in [2.45, 2.75) is 155 Å². The van der Waals surface area contributed by atoms with Gasteiger partial charge in [0, 0.05) is 50.8 Å². The fourth-order valence-corrected chi connectivity index (χ4v) is 20.9. The van der Waals surface area contributed by atoms with Gasteiger partial charge in [-0.1, -0.05) is 273 Å². The largest absolute Gasteiger partial charge is 0.334 e. The van der Waals surface area contributed by atoms with Gasteiger partial charge in [0.1, 0.15) is 0 Å². The fourth-order valence-electron chi connectivity index (χ4n) is 16.2. The van der Waals surface area contributed by atoms with Gasteiger partial charge >= 0.3 is 0 Å². The number of benzene rings is 10. The second-order valence-electron chi connectivity index (χ2n) is 30.9. The molecule has 5 heteroatoms. The van der Waals surface area contributed by atoms with E-state index in [0.29, 0.717) is 0 Å². The Labute approximate surface area is 533 Å². The highest BCUT2D eigenvalue weighted by Gasteiger charge is 2.59. The summed E-state index contributed by atoms with van der Waals surface area (Å²) in [5.41, 5.74) is 22.6. The number of fused-ring (bicyclic) bond motifs is 7. The van der Waals surface area contributed by atoms with Gasteiger partial charge in [-0.2, -0.15) is 0 Å². The summed E-state index contributed by atoms with van der Waals surface area (Å²) in [6.07, 6.45) is 4.64. The minimum absolute atomic E-state index is 0.00751. The molecule has 3 nitrogen and oxygen atoms in total. The lowest BCUT2D eigenvalue weighted by molar-refractivity contribution is 0.195. The first-order valence-electron chi connectivity index (χ1n) is 32.9. The van der Waals surface area contributed by atoms with E-state index in [-0.39, 0.29) is 39.3 Å². The van der Waals surface area contributed by atoms with Crippen molar-refractivity contribution in [3.05, 3.63) is 258 Å². The Hall–Kier alpha value is -8.12. The molecule has 3 aliphatic heterocycles. The first-order chi connectivity index (χ1) is 42.4. The molecule has 10 aromatic carbocycles. The van der Waals surface area contributed by atoms with Crippen LogP contribution in [0.1, 0.15) is 150 Å². The minimum atomic E-state index is -2.83. The lowest BCUT2D eigenvalue weighted by atomic mass is 9.33. The Morgan fingerprint density at radius 3 is 1.40 bits per heavy atom. The topological polar surface area (TPSA) is 9.72 Å². The van der Waals surface area contributed by atoms with Crippen LogP contribution in [0.3, 0.4) is 0 Å². The molecule has 2 unspecified atom stereocenters. The predicted molar refractivity (Wildman–Crippen MR) is 387 cm³/mol. The van der Waals surface area contributed by atoms with Crippen LogP contribution in [0, 0.1) is 0 Å². The molecule has 1 fully saturated rings. The van der Waals surface area contributed by atoms with Crippen molar-refractivity contribution in [2.75, 3.05) is 14.7 Å². The second-order valence-corrected chi connectivity index (χ2v) is 34.7. The molecule has 4 aliphatic rings.